The highest BCUT2D eigenvalue weighted by molar-refractivity contribution is 6.00. The molecule has 0 spiro atoms. The topological polar surface area (TPSA) is 85.2 Å². The molecule has 1 fully saturated rings. The van der Waals surface area contributed by atoms with Gasteiger partial charge in [0.15, 0.2) is 6.23 Å². The quantitative estimate of drug-likeness (QED) is 0.352. The molecule has 1 aliphatic rings. The van der Waals surface area contributed by atoms with Gasteiger partial charge in [-0.1, -0.05) is 0 Å². The molecule has 0 aromatic heterocycles. The van der Waals surface area contributed by atoms with Gasteiger partial charge in [0.05, 0.1) is 0 Å². The normalized spacial score (nSPS) is 33.0. The third-order valence-electron chi connectivity index (χ3n) is 1.08. The first kappa shape index (κ1) is 6.94. The number of nitrogens with one attached hydrogen (secondary N) is 3. The first-order valence-electron chi connectivity index (χ1n) is 2.59. The average Bonchev–Trinajstić information content (AvgIpc) is 1.82. The van der Waals surface area contributed by atoms with Gasteiger partial charge in [0, 0.05) is 0 Å². The number of carbonyl (C=O) groups is 1. The Morgan fingerprint density at radius 1 is 1.70 bits per heavy atom. The maximum Gasteiger partial charge on any atom is 0.322 e. The molecule has 1 saturated heterocycles. The summed E-state index contributed by atoms with van der Waals surface area (Å²) in [5.74, 6) is -0.615. The first-order valence-corrected chi connectivity index (χ1v) is 2.59. The molecule has 1 heterocycles. The summed E-state index contributed by atoms with van der Waals surface area (Å²) in [6.45, 7) is 0. The Balaban J connectivity index is 2.66. The van der Waals surface area contributed by atoms with E-state index in [2.05, 4.69) is 0 Å². The highest BCUT2D eigenvalue weighted by atomic mass is 19.1. The van der Waals surface area contributed by atoms with E-state index in [0.717, 1.165) is 0 Å². The Bertz CT molecular complexity index is 183. The zero-order chi connectivity index (χ0) is 7.72. The number of hydrogen-bond donors (Lipinski definition) is 4. The standard InChI is InChI=1S/C4H6FN3O2/c5-1-2(6)7-4(10)8-3(1)9/h1,3,9H,(H3,6,7,8,10)/t1-,3+/m0/s1. The smallest absolute Gasteiger partial charge is 0.322 e. The van der Waals surface area contributed by atoms with Crippen molar-refractivity contribution in [2.75, 3.05) is 0 Å². The third kappa shape index (κ3) is 1.06. The lowest BCUT2D eigenvalue weighted by Crippen LogP contribution is -2.59. The molecule has 0 bridgehead atoms. The van der Waals surface area contributed by atoms with E-state index in [1.807, 2.05) is 10.6 Å². The van der Waals surface area contributed by atoms with Crippen molar-refractivity contribution in [2.24, 2.45) is 0 Å². The van der Waals surface area contributed by atoms with Crippen molar-refractivity contribution in [1.82, 2.24) is 10.6 Å². The summed E-state index contributed by atoms with van der Waals surface area (Å²) in [4.78, 5) is 10.3. The molecule has 5 nitrogen and oxygen atoms in total. The van der Waals surface area contributed by atoms with E-state index >= 15 is 0 Å². The van der Waals surface area contributed by atoms with Crippen LogP contribution in [0.15, 0.2) is 0 Å². The summed E-state index contributed by atoms with van der Waals surface area (Å²) in [7, 11) is 0. The van der Waals surface area contributed by atoms with Crippen molar-refractivity contribution >= 4 is 11.9 Å². The number of aliphatic hydroxyl groups is 1. The van der Waals surface area contributed by atoms with Crippen molar-refractivity contribution in [3.8, 4) is 0 Å². The number of halogens is 1. The maximum absolute atomic E-state index is 12.4. The molecule has 0 saturated carbocycles. The van der Waals surface area contributed by atoms with E-state index in [-0.39, 0.29) is 0 Å². The molecule has 1 aliphatic heterocycles. The number of urea groups is 1. The molecular weight excluding hydrogens is 141 g/mol. The fourth-order valence-corrected chi connectivity index (χ4v) is 0.593. The van der Waals surface area contributed by atoms with Crippen LogP contribution in [0, 0.1) is 5.41 Å². The molecule has 56 valence electrons. The molecule has 10 heavy (non-hydrogen) atoms. The molecule has 2 amide bonds. The summed E-state index contributed by atoms with van der Waals surface area (Å²) < 4.78 is 12.4. The van der Waals surface area contributed by atoms with Crippen LogP contribution in [-0.2, 0) is 0 Å². The van der Waals surface area contributed by atoms with E-state index in [0.29, 0.717) is 0 Å². The van der Waals surface area contributed by atoms with E-state index in [1.165, 1.54) is 0 Å². The van der Waals surface area contributed by atoms with Gasteiger partial charge in [-0.05, 0) is 0 Å². The van der Waals surface area contributed by atoms with Crippen molar-refractivity contribution in [2.45, 2.75) is 12.4 Å². The Hall–Kier alpha value is -1.17. The van der Waals surface area contributed by atoms with Crippen LogP contribution < -0.4 is 10.6 Å². The second kappa shape index (κ2) is 2.22. The second-order valence-corrected chi connectivity index (χ2v) is 1.86. The monoisotopic (exact) mass is 147 g/mol. The Morgan fingerprint density at radius 2 is 2.30 bits per heavy atom. The third-order valence-corrected chi connectivity index (χ3v) is 1.08. The van der Waals surface area contributed by atoms with E-state index in [4.69, 9.17) is 10.5 Å². The minimum absolute atomic E-state index is 0.615. The van der Waals surface area contributed by atoms with Crippen LogP contribution in [-0.4, -0.2) is 29.4 Å². The number of hydrogen-bond acceptors (Lipinski definition) is 3. The molecule has 0 radical (unpaired) electrons. The van der Waals surface area contributed by atoms with Gasteiger partial charge in [0.25, 0.3) is 0 Å². The zero-order valence-electron chi connectivity index (χ0n) is 4.89. The maximum atomic E-state index is 12.4. The SMILES string of the molecule is N=C1NC(=O)N[C@H](O)[C@H]1F. The van der Waals surface area contributed by atoms with Crippen molar-refractivity contribution in [3.05, 3.63) is 0 Å². The minimum Gasteiger partial charge on any atom is -0.370 e. The number of amides is 2. The summed E-state index contributed by atoms with van der Waals surface area (Å²) in [6, 6.07) is -0.758. The predicted molar refractivity (Wildman–Crippen MR) is 30.3 cm³/mol. The van der Waals surface area contributed by atoms with Gasteiger partial charge in [-0.3, -0.25) is 10.7 Å². The molecule has 0 aromatic carbocycles. The number of aliphatic hydroxyl groups excluding tert-OH is 1. The zero-order valence-corrected chi connectivity index (χ0v) is 4.89. The van der Waals surface area contributed by atoms with Crippen molar-refractivity contribution < 1.29 is 14.3 Å². The molecule has 4 N–H and O–H groups in total. The Kier molecular flexibility index (Phi) is 1.54. The summed E-state index contributed by atoms with van der Waals surface area (Å²) in [6.07, 6.45) is -3.45. The molecule has 6 heteroatoms. The summed E-state index contributed by atoms with van der Waals surface area (Å²) in [5.41, 5.74) is 0. The molecule has 2 atom stereocenters. The second-order valence-electron chi connectivity index (χ2n) is 1.86. The Labute approximate surface area is 55.7 Å². The number of carbonyl (C=O) groups excluding carboxylic acids is 1. The number of alkyl halides is 1. The fourth-order valence-electron chi connectivity index (χ4n) is 0.593. The van der Waals surface area contributed by atoms with Gasteiger partial charge in [-0.15, -0.1) is 0 Å². The first-order chi connectivity index (χ1) is 4.61. The lowest BCUT2D eigenvalue weighted by atomic mass is 10.3. The molecular formula is C4H6FN3O2. The number of amidine groups is 1. The summed E-state index contributed by atoms with van der Waals surface area (Å²) in [5, 5.41) is 19.1. The van der Waals surface area contributed by atoms with Gasteiger partial charge in [-0.2, -0.15) is 0 Å². The predicted octanol–water partition coefficient (Wildman–Crippen LogP) is -1.07. The van der Waals surface area contributed by atoms with Gasteiger partial charge in [0.1, 0.15) is 5.84 Å². The van der Waals surface area contributed by atoms with Crippen LogP contribution in [0.2, 0.25) is 0 Å². The van der Waals surface area contributed by atoms with Crippen LogP contribution >= 0.6 is 0 Å². The minimum atomic E-state index is -1.85. The molecule has 0 unspecified atom stereocenters. The molecule has 0 aliphatic carbocycles. The van der Waals surface area contributed by atoms with E-state index in [9.17, 15) is 9.18 Å². The van der Waals surface area contributed by atoms with Gasteiger partial charge >= 0.3 is 6.03 Å². The van der Waals surface area contributed by atoms with Crippen LogP contribution in [0.3, 0.4) is 0 Å². The largest absolute Gasteiger partial charge is 0.370 e. The van der Waals surface area contributed by atoms with Gasteiger partial charge < -0.3 is 10.4 Å². The van der Waals surface area contributed by atoms with Gasteiger partial charge in [0.2, 0.25) is 6.17 Å². The lowest BCUT2D eigenvalue weighted by molar-refractivity contribution is 0.0804. The summed E-state index contributed by atoms with van der Waals surface area (Å²) >= 11 is 0. The average molecular weight is 147 g/mol. The van der Waals surface area contributed by atoms with Crippen LogP contribution in [0.5, 0.6) is 0 Å². The highest BCUT2D eigenvalue weighted by Crippen LogP contribution is 2.00. The highest BCUT2D eigenvalue weighted by Gasteiger charge is 2.30. The van der Waals surface area contributed by atoms with Crippen LogP contribution in [0.1, 0.15) is 0 Å². The lowest BCUT2D eigenvalue weighted by Gasteiger charge is -2.23. The van der Waals surface area contributed by atoms with Crippen LogP contribution in [0.4, 0.5) is 9.18 Å². The van der Waals surface area contributed by atoms with Crippen molar-refractivity contribution in [1.29, 1.82) is 5.41 Å². The van der Waals surface area contributed by atoms with Crippen molar-refractivity contribution in [3.63, 3.8) is 0 Å². The van der Waals surface area contributed by atoms with E-state index < -0.39 is 24.3 Å². The number of rotatable bonds is 0. The molecule has 1 rings (SSSR count). The molecule has 0 aromatic rings. The van der Waals surface area contributed by atoms with Gasteiger partial charge in [-0.25, -0.2) is 9.18 Å². The van der Waals surface area contributed by atoms with Crippen LogP contribution in [0.25, 0.3) is 0 Å². The fraction of sp³-hybridized carbons (Fsp3) is 0.500. The van der Waals surface area contributed by atoms with E-state index in [1.54, 1.807) is 0 Å². The Morgan fingerprint density at radius 3 is 2.80 bits per heavy atom.